The van der Waals surface area contributed by atoms with Crippen LogP contribution in [0.1, 0.15) is 70.0 Å². The summed E-state index contributed by atoms with van der Waals surface area (Å²) in [7, 11) is 0. The minimum absolute atomic E-state index is 0.374. The highest BCUT2D eigenvalue weighted by molar-refractivity contribution is 14.1. The molecule has 19 heavy (non-hydrogen) atoms. The van der Waals surface area contributed by atoms with E-state index in [-0.39, 0.29) is 6.10 Å². The van der Waals surface area contributed by atoms with Crippen molar-refractivity contribution in [1.29, 1.82) is 0 Å². The standard InChI is InChI=1S/C16H24ClIO/c1-2-3-4-5-6-7-8-9-16(19)14-12-13(17)10-11-15(14)18/h10-12,16,19H,2-9H2,1H3. The summed E-state index contributed by atoms with van der Waals surface area (Å²) in [5, 5.41) is 10.9. The SMILES string of the molecule is CCCCCCCCCC(O)c1cc(Cl)ccc1I. The Hall–Kier alpha value is 0.200. The van der Waals surface area contributed by atoms with E-state index >= 15 is 0 Å². The van der Waals surface area contributed by atoms with E-state index in [1.807, 2.05) is 18.2 Å². The molecule has 0 radical (unpaired) electrons. The van der Waals surface area contributed by atoms with Crippen LogP contribution >= 0.6 is 34.2 Å². The lowest BCUT2D eigenvalue weighted by atomic mass is 10.0. The van der Waals surface area contributed by atoms with Gasteiger partial charge in [0.2, 0.25) is 0 Å². The zero-order valence-electron chi connectivity index (χ0n) is 11.7. The maximum absolute atomic E-state index is 10.2. The fraction of sp³-hybridized carbons (Fsp3) is 0.625. The molecule has 108 valence electrons. The molecule has 0 heterocycles. The third-order valence-corrected chi connectivity index (χ3v) is 4.62. The van der Waals surface area contributed by atoms with Crippen molar-refractivity contribution < 1.29 is 5.11 Å². The van der Waals surface area contributed by atoms with Gasteiger partial charge in [-0.2, -0.15) is 0 Å². The minimum atomic E-state index is -0.374. The predicted molar refractivity (Wildman–Crippen MR) is 91.7 cm³/mol. The fourth-order valence-electron chi connectivity index (χ4n) is 2.22. The molecule has 0 bridgehead atoms. The van der Waals surface area contributed by atoms with E-state index in [4.69, 9.17) is 11.6 Å². The van der Waals surface area contributed by atoms with Gasteiger partial charge in [-0.05, 0) is 52.8 Å². The van der Waals surface area contributed by atoms with Crippen molar-refractivity contribution in [3.05, 3.63) is 32.4 Å². The average molecular weight is 395 g/mol. The van der Waals surface area contributed by atoms with Gasteiger partial charge in [-0.3, -0.25) is 0 Å². The highest BCUT2D eigenvalue weighted by atomic mass is 127. The van der Waals surface area contributed by atoms with Gasteiger partial charge in [0.25, 0.3) is 0 Å². The van der Waals surface area contributed by atoms with Gasteiger partial charge in [-0.1, -0.05) is 63.5 Å². The first-order chi connectivity index (χ1) is 9.15. The van der Waals surface area contributed by atoms with Gasteiger partial charge in [-0.25, -0.2) is 0 Å². The van der Waals surface area contributed by atoms with E-state index < -0.39 is 0 Å². The molecule has 1 unspecified atom stereocenters. The van der Waals surface area contributed by atoms with Crippen molar-refractivity contribution in [2.45, 2.75) is 64.4 Å². The first-order valence-corrected chi connectivity index (χ1v) is 8.73. The summed E-state index contributed by atoms with van der Waals surface area (Å²) in [6.07, 6.45) is 9.40. The first kappa shape index (κ1) is 17.3. The Kier molecular flexibility index (Phi) is 9.08. The van der Waals surface area contributed by atoms with Crippen LogP contribution in [0.25, 0.3) is 0 Å². The first-order valence-electron chi connectivity index (χ1n) is 7.28. The molecule has 1 atom stereocenters. The molecule has 1 rings (SSSR count). The van der Waals surface area contributed by atoms with Crippen molar-refractivity contribution in [2.75, 3.05) is 0 Å². The zero-order valence-corrected chi connectivity index (χ0v) is 14.6. The molecular weight excluding hydrogens is 371 g/mol. The smallest absolute Gasteiger partial charge is 0.0800 e. The van der Waals surface area contributed by atoms with Crippen LogP contribution < -0.4 is 0 Å². The van der Waals surface area contributed by atoms with Crippen LogP contribution in [0, 0.1) is 3.57 Å². The van der Waals surface area contributed by atoms with Gasteiger partial charge < -0.3 is 5.11 Å². The molecule has 1 aromatic rings. The maximum Gasteiger partial charge on any atom is 0.0800 e. The van der Waals surface area contributed by atoms with Crippen LogP contribution in [0.5, 0.6) is 0 Å². The summed E-state index contributed by atoms with van der Waals surface area (Å²) in [4.78, 5) is 0. The summed E-state index contributed by atoms with van der Waals surface area (Å²) in [6, 6.07) is 5.72. The van der Waals surface area contributed by atoms with Crippen LogP contribution in [0.3, 0.4) is 0 Å². The number of hydrogen-bond donors (Lipinski definition) is 1. The Morgan fingerprint density at radius 3 is 2.42 bits per heavy atom. The van der Waals surface area contributed by atoms with Crippen molar-refractivity contribution in [1.82, 2.24) is 0 Å². The van der Waals surface area contributed by atoms with Gasteiger partial charge in [0.05, 0.1) is 6.10 Å². The van der Waals surface area contributed by atoms with Crippen molar-refractivity contribution in [3.8, 4) is 0 Å². The summed E-state index contributed by atoms with van der Waals surface area (Å²) in [6.45, 7) is 2.24. The van der Waals surface area contributed by atoms with Gasteiger partial charge in [0, 0.05) is 8.59 Å². The summed E-state index contributed by atoms with van der Waals surface area (Å²) < 4.78 is 1.09. The van der Waals surface area contributed by atoms with Gasteiger partial charge >= 0.3 is 0 Å². The van der Waals surface area contributed by atoms with Crippen molar-refractivity contribution in [3.63, 3.8) is 0 Å². The molecule has 0 aromatic heterocycles. The lowest BCUT2D eigenvalue weighted by Crippen LogP contribution is -2.00. The normalized spacial score (nSPS) is 12.6. The molecule has 3 heteroatoms. The number of aliphatic hydroxyl groups is 1. The highest BCUT2D eigenvalue weighted by Gasteiger charge is 2.11. The molecule has 1 N–H and O–H groups in total. The van der Waals surface area contributed by atoms with Crippen LogP contribution in [0.15, 0.2) is 18.2 Å². The Balaban J connectivity index is 2.23. The van der Waals surface area contributed by atoms with Crippen molar-refractivity contribution in [2.24, 2.45) is 0 Å². The van der Waals surface area contributed by atoms with Gasteiger partial charge in [0.1, 0.15) is 0 Å². The summed E-state index contributed by atoms with van der Waals surface area (Å²) in [5.74, 6) is 0. The van der Waals surface area contributed by atoms with E-state index in [9.17, 15) is 5.11 Å². The third kappa shape index (κ3) is 6.96. The lowest BCUT2D eigenvalue weighted by molar-refractivity contribution is 0.162. The molecule has 0 fully saturated rings. The van der Waals surface area contributed by atoms with E-state index in [0.717, 1.165) is 22.0 Å². The number of benzene rings is 1. The predicted octanol–water partition coefficient (Wildman–Crippen LogP) is 6.12. The second-order valence-electron chi connectivity index (χ2n) is 5.09. The molecule has 0 spiro atoms. The Labute approximate surface area is 135 Å². The Morgan fingerprint density at radius 2 is 1.74 bits per heavy atom. The number of hydrogen-bond acceptors (Lipinski definition) is 1. The molecule has 0 amide bonds. The number of unbranched alkanes of at least 4 members (excludes halogenated alkanes) is 6. The molecular formula is C16H24ClIO. The highest BCUT2D eigenvalue weighted by Crippen LogP contribution is 2.27. The topological polar surface area (TPSA) is 20.2 Å². The molecule has 0 aliphatic carbocycles. The quantitative estimate of drug-likeness (QED) is 0.395. The van der Waals surface area contributed by atoms with Gasteiger partial charge in [0.15, 0.2) is 0 Å². The third-order valence-electron chi connectivity index (χ3n) is 3.40. The number of aliphatic hydroxyl groups excluding tert-OH is 1. The van der Waals surface area contributed by atoms with Crippen LogP contribution in [-0.4, -0.2) is 5.11 Å². The van der Waals surface area contributed by atoms with E-state index in [1.54, 1.807) is 0 Å². The Morgan fingerprint density at radius 1 is 1.11 bits per heavy atom. The zero-order chi connectivity index (χ0) is 14.1. The largest absolute Gasteiger partial charge is 0.388 e. The van der Waals surface area contributed by atoms with E-state index in [1.165, 1.54) is 38.5 Å². The molecule has 0 aliphatic rings. The number of rotatable bonds is 9. The number of halogens is 2. The molecule has 0 saturated carbocycles. The lowest BCUT2D eigenvalue weighted by Gasteiger charge is -2.13. The second-order valence-corrected chi connectivity index (χ2v) is 6.69. The molecule has 1 nitrogen and oxygen atoms in total. The summed E-state index contributed by atoms with van der Waals surface area (Å²) in [5.41, 5.74) is 0.971. The maximum atomic E-state index is 10.2. The van der Waals surface area contributed by atoms with Crippen LogP contribution in [0.4, 0.5) is 0 Å². The minimum Gasteiger partial charge on any atom is -0.388 e. The Bertz CT molecular complexity index is 368. The fourth-order valence-corrected chi connectivity index (χ4v) is 3.10. The molecule has 0 saturated heterocycles. The molecule has 0 aliphatic heterocycles. The van der Waals surface area contributed by atoms with Crippen LogP contribution in [0.2, 0.25) is 5.02 Å². The monoisotopic (exact) mass is 394 g/mol. The van der Waals surface area contributed by atoms with Gasteiger partial charge in [-0.15, -0.1) is 0 Å². The summed E-state index contributed by atoms with van der Waals surface area (Å²) >= 11 is 8.24. The second kappa shape index (κ2) is 10.0. The van der Waals surface area contributed by atoms with Crippen LogP contribution in [-0.2, 0) is 0 Å². The van der Waals surface area contributed by atoms with Crippen molar-refractivity contribution >= 4 is 34.2 Å². The molecule has 1 aromatic carbocycles. The average Bonchev–Trinajstić information content (AvgIpc) is 2.40. The van der Waals surface area contributed by atoms with E-state index in [0.29, 0.717) is 5.02 Å². The van der Waals surface area contributed by atoms with E-state index in [2.05, 4.69) is 29.5 Å².